The van der Waals surface area contributed by atoms with Crippen LogP contribution in [0, 0.1) is 5.41 Å². The zero-order chi connectivity index (χ0) is 24.6. The van der Waals surface area contributed by atoms with Crippen molar-refractivity contribution in [3.8, 4) is 5.75 Å². The van der Waals surface area contributed by atoms with Crippen LogP contribution in [0.1, 0.15) is 90.3 Å². The van der Waals surface area contributed by atoms with Gasteiger partial charge in [0.25, 0.3) is 0 Å². The largest absolute Gasteiger partial charge is 0.426 e. The lowest BCUT2D eigenvalue weighted by Crippen LogP contribution is -2.37. The molecule has 0 aliphatic carbocycles. The first-order chi connectivity index (χ1) is 15.5. The van der Waals surface area contributed by atoms with Gasteiger partial charge < -0.3 is 9.84 Å². The highest BCUT2D eigenvalue weighted by Crippen LogP contribution is 2.37. The van der Waals surface area contributed by atoms with Gasteiger partial charge in [-0.05, 0) is 91.1 Å². The molecule has 0 saturated carbocycles. The number of benzene rings is 2. The number of hydrogen-bond acceptors (Lipinski definition) is 4. The van der Waals surface area contributed by atoms with E-state index in [0.29, 0.717) is 17.8 Å². The molecule has 0 saturated heterocycles. The first-order valence-corrected chi connectivity index (χ1v) is 12.3. The van der Waals surface area contributed by atoms with Gasteiger partial charge in [-0.15, -0.1) is 0 Å². The summed E-state index contributed by atoms with van der Waals surface area (Å²) in [7, 11) is 0. The molecule has 0 radical (unpaired) electrons. The SMILES string of the molecule is CC(C)N(CCCCC(c1ccccc1)c1cc(CO)ccc1OC(=O)C(C)(C)C)C(C)C. The van der Waals surface area contributed by atoms with E-state index < -0.39 is 5.41 Å². The molecular formula is C29H43NO3. The van der Waals surface area contributed by atoms with Gasteiger partial charge in [-0.1, -0.05) is 42.8 Å². The summed E-state index contributed by atoms with van der Waals surface area (Å²) in [5.74, 6) is 0.427. The third-order valence-electron chi connectivity index (χ3n) is 6.13. The van der Waals surface area contributed by atoms with Gasteiger partial charge >= 0.3 is 5.97 Å². The fourth-order valence-electron chi connectivity index (χ4n) is 4.26. The number of aliphatic hydroxyl groups excluding tert-OH is 1. The van der Waals surface area contributed by atoms with Crippen molar-refractivity contribution < 1.29 is 14.6 Å². The highest BCUT2D eigenvalue weighted by Gasteiger charge is 2.27. The molecule has 2 aromatic rings. The molecule has 0 aliphatic heterocycles. The van der Waals surface area contributed by atoms with Crippen LogP contribution in [0.2, 0.25) is 0 Å². The van der Waals surface area contributed by atoms with Crippen LogP contribution in [0.4, 0.5) is 0 Å². The van der Waals surface area contributed by atoms with Crippen LogP contribution in [0.25, 0.3) is 0 Å². The van der Waals surface area contributed by atoms with E-state index in [0.717, 1.165) is 36.9 Å². The Morgan fingerprint density at radius 2 is 1.61 bits per heavy atom. The van der Waals surface area contributed by atoms with Crippen LogP contribution >= 0.6 is 0 Å². The molecule has 33 heavy (non-hydrogen) atoms. The average Bonchev–Trinajstić information content (AvgIpc) is 2.76. The molecule has 0 bridgehead atoms. The van der Waals surface area contributed by atoms with Gasteiger partial charge in [0.15, 0.2) is 0 Å². The van der Waals surface area contributed by atoms with E-state index in [4.69, 9.17) is 4.74 Å². The first kappa shape index (κ1) is 27.1. The van der Waals surface area contributed by atoms with E-state index in [-0.39, 0.29) is 18.5 Å². The molecule has 1 N–H and O–H groups in total. The number of carbonyl (C=O) groups is 1. The predicted molar refractivity (Wildman–Crippen MR) is 137 cm³/mol. The third-order valence-corrected chi connectivity index (χ3v) is 6.13. The van der Waals surface area contributed by atoms with Crippen molar-refractivity contribution in [2.75, 3.05) is 6.54 Å². The minimum atomic E-state index is -0.591. The van der Waals surface area contributed by atoms with Crippen molar-refractivity contribution >= 4 is 5.97 Å². The second-order valence-corrected chi connectivity index (χ2v) is 10.6. The lowest BCUT2D eigenvalue weighted by Gasteiger charge is -2.30. The highest BCUT2D eigenvalue weighted by atomic mass is 16.5. The summed E-state index contributed by atoms with van der Waals surface area (Å²) in [4.78, 5) is 15.2. The number of ether oxygens (including phenoxy) is 1. The van der Waals surface area contributed by atoms with Gasteiger partial charge in [-0.25, -0.2) is 0 Å². The van der Waals surface area contributed by atoms with E-state index in [1.807, 2.05) is 45.0 Å². The molecule has 0 aliphatic rings. The van der Waals surface area contributed by atoms with Gasteiger partial charge in [-0.3, -0.25) is 9.69 Å². The summed E-state index contributed by atoms with van der Waals surface area (Å²) in [5, 5.41) is 9.78. The number of unbranched alkanes of at least 4 members (excludes halogenated alkanes) is 1. The Morgan fingerprint density at radius 3 is 2.15 bits per heavy atom. The maximum atomic E-state index is 12.7. The molecule has 0 amide bonds. The molecule has 4 heteroatoms. The zero-order valence-electron chi connectivity index (χ0n) is 21.6. The van der Waals surface area contributed by atoms with Crippen molar-refractivity contribution in [1.82, 2.24) is 4.90 Å². The van der Waals surface area contributed by atoms with Gasteiger partial charge in [0, 0.05) is 23.6 Å². The average molecular weight is 454 g/mol. The van der Waals surface area contributed by atoms with Crippen molar-refractivity contribution in [1.29, 1.82) is 0 Å². The fourth-order valence-corrected chi connectivity index (χ4v) is 4.26. The predicted octanol–water partition coefficient (Wildman–Crippen LogP) is 6.55. The van der Waals surface area contributed by atoms with Crippen molar-refractivity contribution in [2.24, 2.45) is 5.41 Å². The quantitative estimate of drug-likeness (QED) is 0.238. The number of nitrogens with zero attached hydrogens (tertiary/aromatic N) is 1. The molecule has 1 unspecified atom stereocenters. The minimum Gasteiger partial charge on any atom is -0.426 e. The van der Waals surface area contributed by atoms with Crippen LogP contribution in [0.15, 0.2) is 48.5 Å². The topological polar surface area (TPSA) is 49.8 Å². The minimum absolute atomic E-state index is 0.0419. The Hall–Kier alpha value is -2.17. The van der Waals surface area contributed by atoms with Crippen LogP contribution in [0.5, 0.6) is 5.75 Å². The maximum Gasteiger partial charge on any atom is 0.316 e. The lowest BCUT2D eigenvalue weighted by molar-refractivity contribution is -0.143. The van der Waals surface area contributed by atoms with Crippen LogP contribution in [-0.4, -0.2) is 34.6 Å². The smallest absolute Gasteiger partial charge is 0.316 e. The maximum absolute atomic E-state index is 12.7. The Bertz CT molecular complexity index is 860. The number of carbonyl (C=O) groups excluding carboxylic acids is 1. The third kappa shape index (κ3) is 7.97. The molecular weight excluding hydrogens is 410 g/mol. The van der Waals surface area contributed by atoms with E-state index >= 15 is 0 Å². The Morgan fingerprint density at radius 1 is 0.970 bits per heavy atom. The summed E-state index contributed by atoms with van der Waals surface area (Å²) in [5.41, 5.74) is 2.40. The number of hydrogen-bond donors (Lipinski definition) is 1. The van der Waals surface area contributed by atoms with Crippen LogP contribution in [0.3, 0.4) is 0 Å². The molecule has 182 valence electrons. The number of aliphatic hydroxyl groups is 1. The summed E-state index contributed by atoms with van der Waals surface area (Å²) >= 11 is 0. The van der Waals surface area contributed by atoms with E-state index in [2.05, 4.69) is 56.9 Å². The van der Waals surface area contributed by atoms with Gasteiger partial charge in [0.1, 0.15) is 5.75 Å². The number of esters is 1. The molecule has 2 aromatic carbocycles. The molecule has 4 nitrogen and oxygen atoms in total. The molecule has 0 heterocycles. The standard InChI is InChI=1S/C29H43NO3/c1-21(2)30(22(3)4)18-12-11-15-25(24-13-9-8-10-14-24)26-19-23(20-31)16-17-27(26)33-28(32)29(5,6)7/h8-10,13-14,16-17,19,21-22,25,31H,11-12,15,18,20H2,1-7H3. The van der Waals surface area contributed by atoms with Gasteiger partial charge in [0.05, 0.1) is 12.0 Å². The normalized spacial score (nSPS) is 13.1. The molecule has 2 rings (SSSR count). The van der Waals surface area contributed by atoms with Crippen LogP contribution in [-0.2, 0) is 11.4 Å². The van der Waals surface area contributed by atoms with Gasteiger partial charge in [0.2, 0.25) is 0 Å². The summed E-state index contributed by atoms with van der Waals surface area (Å²) < 4.78 is 5.89. The van der Waals surface area contributed by atoms with E-state index in [9.17, 15) is 9.90 Å². The molecule has 0 spiro atoms. The van der Waals surface area contributed by atoms with E-state index in [1.54, 1.807) is 0 Å². The fraction of sp³-hybridized carbons (Fsp3) is 0.552. The molecule has 0 fully saturated rings. The van der Waals surface area contributed by atoms with Crippen LogP contribution < -0.4 is 4.74 Å². The number of rotatable bonds is 11. The monoisotopic (exact) mass is 453 g/mol. The summed E-state index contributed by atoms with van der Waals surface area (Å²) in [6.07, 6.45) is 3.12. The Balaban J connectivity index is 2.32. The summed E-state index contributed by atoms with van der Waals surface area (Å²) in [6, 6.07) is 17.1. The second-order valence-electron chi connectivity index (χ2n) is 10.6. The highest BCUT2D eigenvalue weighted by molar-refractivity contribution is 5.78. The van der Waals surface area contributed by atoms with Crippen molar-refractivity contribution in [3.05, 3.63) is 65.2 Å². The van der Waals surface area contributed by atoms with E-state index in [1.165, 1.54) is 5.56 Å². The summed E-state index contributed by atoms with van der Waals surface area (Å²) in [6.45, 7) is 15.6. The lowest BCUT2D eigenvalue weighted by atomic mass is 9.85. The second kappa shape index (κ2) is 12.3. The zero-order valence-corrected chi connectivity index (χ0v) is 21.6. The van der Waals surface area contributed by atoms with Gasteiger partial charge in [-0.2, -0.15) is 0 Å². The molecule has 1 atom stereocenters. The Labute approximate surface area is 201 Å². The van der Waals surface area contributed by atoms with Crippen molar-refractivity contribution in [3.63, 3.8) is 0 Å². The first-order valence-electron chi connectivity index (χ1n) is 12.3. The Kier molecular flexibility index (Phi) is 10.1. The molecule has 0 aromatic heterocycles. The van der Waals surface area contributed by atoms with Crippen molar-refractivity contribution in [2.45, 2.75) is 92.3 Å².